The fourth-order valence-corrected chi connectivity index (χ4v) is 2.58. The van der Waals surface area contributed by atoms with Crippen LogP contribution in [0.25, 0.3) is 5.57 Å². The van der Waals surface area contributed by atoms with Gasteiger partial charge in [-0.25, -0.2) is 4.79 Å². The van der Waals surface area contributed by atoms with Gasteiger partial charge in [0.1, 0.15) is 0 Å². The zero-order valence-corrected chi connectivity index (χ0v) is 12.9. The number of anilines is 1. The van der Waals surface area contributed by atoms with Gasteiger partial charge >= 0.3 is 5.97 Å². The molecule has 1 heterocycles. The lowest BCUT2D eigenvalue weighted by Gasteiger charge is -2.35. The number of fused-ring (bicyclic) bond motifs is 1. The third kappa shape index (κ3) is 3.04. The van der Waals surface area contributed by atoms with E-state index in [2.05, 4.69) is 5.32 Å². The molecule has 5 heteroatoms. The van der Waals surface area contributed by atoms with Crippen LogP contribution >= 0.6 is 0 Å². The Kier molecular flexibility index (Phi) is 4.98. The number of para-hydroxylation sites is 1. The minimum absolute atomic E-state index is 0.240. The van der Waals surface area contributed by atoms with E-state index in [1.165, 1.54) is 6.08 Å². The Morgan fingerprint density at radius 3 is 2.77 bits per heavy atom. The zero-order valence-electron chi connectivity index (χ0n) is 12.9. The minimum Gasteiger partial charge on any atom is -0.463 e. The second-order valence-electron chi connectivity index (χ2n) is 5.27. The van der Waals surface area contributed by atoms with Crippen molar-refractivity contribution in [1.29, 1.82) is 0 Å². The maximum absolute atomic E-state index is 12.4. The lowest BCUT2D eigenvalue weighted by atomic mass is 9.79. The molecule has 0 fully saturated rings. The molecule has 1 amide bonds. The third-order valence-corrected chi connectivity index (χ3v) is 3.73. The van der Waals surface area contributed by atoms with Gasteiger partial charge in [-0.15, -0.1) is 0 Å². The molecular weight excluding hydrogens is 282 g/mol. The summed E-state index contributed by atoms with van der Waals surface area (Å²) in [7, 11) is 0. The highest BCUT2D eigenvalue weighted by Crippen LogP contribution is 2.40. The van der Waals surface area contributed by atoms with Gasteiger partial charge in [0.25, 0.3) is 5.91 Å². The van der Waals surface area contributed by atoms with E-state index in [9.17, 15) is 14.7 Å². The summed E-state index contributed by atoms with van der Waals surface area (Å²) in [4.78, 5) is 24.2. The summed E-state index contributed by atoms with van der Waals surface area (Å²) in [6.45, 7) is 3.93. The monoisotopic (exact) mass is 303 g/mol. The standard InChI is InChI=1S/C17H21NO4/c1-3-5-10-17(21)13(11-15(19)22-4-2)12-8-6-7-9-14(12)18-16(17)20/h6-9,11,21H,3-5,10H2,1-2H3,(H,18,20)/b13-11-. The summed E-state index contributed by atoms with van der Waals surface area (Å²) in [5.41, 5.74) is -0.173. The lowest BCUT2D eigenvalue weighted by Crippen LogP contribution is -2.47. The maximum atomic E-state index is 12.4. The van der Waals surface area contributed by atoms with E-state index in [1.807, 2.05) is 6.92 Å². The summed E-state index contributed by atoms with van der Waals surface area (Å²) in [6.07, 6.45) is 3.00. The number of carbonyl (C=O) groups is 2. The number of benzene rings is 1. The first-order chi connectivity index (χ1) is 10.5. The Labute approximate surface area is 130 Å². The number of amides is 1. The average Bonchev–Trinajstić information content (AvgIpc) is 2.50. The maximum Gasteiger partial charge on any atom is 0.331 e. The predicted molar refractivity (Wildman–Crippen MR) is 84.2 cm³/mol. The van der Waals surface area contributed by atoms with Crippen molar-refractivity contribution in [3.05, 3.63) is 35.9 Å². The van der Waals surface area contributed by atoms with Crippen LogP contribution in [-0.2, 0) is 14.3 Å². The van der Waals surface area contributed by atoms with E-state index in [4.69, 9.17) is 4.74 Å². The number of aliphatic hydroxyl groups is 1. The first-order valence-electron chi connectivity index (χ1n) is 7.55. The van der Waals surface area contributed by atoms with Gasteiger partial charge in [0, 0.05) is 22.9 Å². The number of rotatable bonds is 5. The normalized spacial score (nSPS) is 22.1. The molecule has 1 atom stereocenters. The van der Waals surface area contributed by atoms with Crippen LogP contribution in [0.2, 0.25) is 0 Å². The molecule has 2 N–H and O–H groups in total. The molecule has 22 heavy (non-hydrogen) atoms. The lowest BCUT2D eigenvalue weighted by molar-refractivity contribution is -0.137. The first kappa shape index (κ1) is 16.2. The molecule has 1 aliphatic heterocycles. The Morgan fingerprint density at radius 2 is 2.09 bits per heavy atom. The predicted octanol–water partition coefficient (Wildman–Crippen LogP) is 2.51. The van der Waals surface area contributed by atoms with Gasteiger partial charge in [-0.3, -0.25) is 4.79 Å². The Morgan fingerprint density at radius 1 is 1.36 bits per heavy atom. The molecule has 0 aliphatic carbocycles. The van der Waals surface area contributed by atoms with Crippen molar-refractivity contribution < 1.29 is 19.4 Å². The van der Waals surface area contributed by atoms with Crippen LogP contribution in [0.4, 0.5) is 5.69 Å². The van der Waals surface area contributed by atoms with Crippen molar-refractivity contribution >= 4 is 23.1 Å². The molecule has 5 nitrogen and oxygen atoms in total. The van der Waals surface area contributed by atoms with Crippen LogP contribution in [0.15, 0.2) is 30.3 Å². The molecule has 0 saturated carbocycles. The summed E-state index contributed by atoms with van der Waals surface area (Å²) >= 11 is 0. The van der Waals surface area contributed by atoms with Crippen molar-refractivity contribution in [2.24, 2.45) is 0 Å². The third-order valence-electron chi connectivity index (χ3n) is 3.73. The second kappa shape index (κ2) is 6.75. The fourth-order valence-electron chi connectivity index (χ4n) is 2.58. The SMILES string of the molecule is CCCCC1(O)C(=O)Nc2ccccc2/C1=C/C(=O)OCC. The molecule has 118 valence electrons. The van der Waals surface area contributed by atoms with Gasteiger partial charge in [0.15, 0.2) is 5.60 Å². The zero-order chi connectivity index (χ0) is 16.2. The smallest absolute Gasteiger partial charge is 0.331 e. The Balaban J connectivity index is 2.52. The van der Waals surface area contributed by atoms with Crippen LogP contribution < -0.4 is 5.32 Å². The molecule has 1 aromatic rings. The number of carbonyl (C=O) groups excluding carboxylic acids is 2. The quantitative estimate of drug-likeness (QED) is 0.647. The number of hydrogen-bond acceptors (Lipinski definition) is 4. The highest BCUT2D eigenvalue weighted by Gasteiger charge is 2.44. The molecule has 0 bridgehead atoms. The summed E-state index contributed by atoms with van der Waals surface area (Å²) in [5.74, 6) is -1.06. The van der Waals surface area contributed by atoms with Crippen molar-refractivity contribution in [2.75, 3.05) is 11.9 Å². The minimum atomic E-state index is -1.71. The van der Waals surface area contributed by atoms with E-state index in [0.29, 0.717) is 23.2 Å². The highest BCUT2D eigenvalue weighted by molar-refractivity contribution is 6.15. The van der Waals surface area contributed by atoms with Gasteiger partial charge in [0.05, 0.1) is 6.61 Å². The number of esters is 1. The number of nitrogens with one attached hydrogen (secondary N) is 1. The molecule has 1 aliphatic rings. The van der Waals surface area contributed by atoms with Gasteiger partial charge in [-0.1, -0.05) is 31.5 Å². The van der Waals surface area contributed by atoms with Crippen LogP contribution in [0.1, 0.15) is 38.7 Å². The van der Waals surface area contributed by atoms with Gasteiger partial charge in [-0.2, -0.15) is 0 Å². The van der Waals surface area contributed by atoms with Crippen molar-refractivity contribution in [3.63, 3.8) is 0 Å². The first-order valence-corrected chi connectivity index (χ1v) is 7.55. The highest BCUT2D eigenvalue weighted by atomic mass is 16.5. The van der Waals surface area contributed by atoms with Crippen LogP contribution in [0, 0.1) is 0 Å². The van der Waals surface area contributed by atoms with E-state index in [-0.39, 0.29) is 13.0 Å². The van der Waals surface area contributed by atoms with Crippen molar-refractivity contribution in [3.8, 4) is 0 Å². The van der Waals surface area contributed by atoms with E-state index in [1.54, 1.807) is 31.2 Å². The van der Waals surface area contributed by atoms with Crippen molar-refractivity contribution in [2.45, 2.75) is 38.7 Å². The molecular formula is C17H21NO4. The summed E-state index contributed by atoms with van der Waals surface area (Å²) in [6, 6.07) is 7.11. The summed E-state index contributed by atoms with van der Waals surface area (Å²) in [5, 5.41) is 13.6. The fraction of sp³-hybridized carbons (Fsp3) is 0.412. The van der Waals surface area contributed by atoms with E-state index >= 15 is 0 Å². The van der Waals surface area contributed by atoms with E-state index < -0.39 is 17.5 Å². The summed E-state index contributed by atoms with van der Waals surface area (Å²) < 4.78 is 4.93. The molecule has 0 spiro atoms. The number of hydrogen-bond donors (Lipinski definition) is 2. The largest absolute Gasteiger partial charge is 0.463 e. The van der Waals surface area contributed by atoms with Crippen LogP contribution in [0.3, 0.4) is 0 Å². The van der Waals surface area contributed by atoms with Gasteiger partial charge in [0.2, 0.25) is 0 Å². The van der Waals surface area contributed by atoms with Gasteiger partial charge in [-0.05, 0) is 25.8 Å². The molecule has 2 rings (SSSR count). The molecule has 0 radical (unpaired) electrons. The molecule has 0 aromatic heterocycles. The second-order valence-corrected chi connectivity index (χ2v) is 5.27. The van der Waals surface area contributed by atoms with Crippen LogP contribution in [0.5, 0.6) is 0 Å². The Hall–Kier alpha value is -2.14. The number of ether oxygens (including phenoxy) is 1. The topological polar surface area (TPSA) is 75.6 Å². The van der Waals surface area contributed by atoms with Crippen LogP contribution in [-0.4, -0.2) is 29.2 Å². The molecule has 1 aromatic carbocycles. The Bertz CT molecular complexity index is 608. The van der Waals surface area contributed by atoms with E-state index in [0.717, 1.165) is 6.42 Å². The average molecular weight is 303 g/mol. The molecule has 1 unspecified atom stereocenters. The molecule has 0 saturated heterocycles. The number of unbranched alkanes of at least 4 members (excludes halogenated alkanes) is 1. The van der Waals surface area contributed by atoms with Crippen molar-refractivity contribution in [1.82, 2.24) is 0 Å². The van der Waals surface area contributed by atoms with Gasteiger partial charge < -0.3 is 15.2 Å².